The average Bonchev–Trinajstić information content (AvgIpc) is 2.89. The Labute approximate surface area is 137 Å². The van der Waals surface area contributed by atoms with Crippen LogP contribution in [-0.4, -0.2) is 55.4 Å². The van der Waals surface area contributed by atoms with Crippen molar-refractivity contribution in [1.29, 1.82) is 0 Å². The SMILES string of the molecule is Cn1cc(CCCN2CCNCC2)c2cc3c(cc21)OCCO3. The first-order valence-electron chi connectivity index (χ1n) is 8.62. The van der Waals surface area contributed by atoms with Crippen LogP contribution in [0, 0.1) is 0 Å². The van der Waals surface area contributed by atoms with Gasteiger partial charge in [0.05, 0.1) is 5.52 Å². The number of hydrogen-bond acceptors (Lipinski definition) is 4. The number of aryl methyl sites for hydroxylation is 2. The van der Waals surface area contributed by atoms with Crippen molar-refractivity contribution in [3.05, 3.63) is 23.9 Å². The van der Waals surface area contributed by atoms with E-state index in [4.69, 9.17) is 9.47 Å². The maximum atomic E-state index is 5.75. The molecule has 23 heavy (non-hydrogen) atoms. The molecular weight excluding hydrogens is 290 g/mol. The molecule has 5 heteroatoms. The summed E-state index contributed by atoms with van der Waals surface area (Å²) in [7, 11) is 2.11. The lowest BCUT2D eigenvalue weighted by Crippen LogP contribution is -2.43. The molecule has 0 unspecified atom stereocenters. The molecule has 0 spiro atoms. The quantitative estimate of drug-likeness (QED) is 0.933. The zero-order valence-electron chi connectivity index (χ0n) is 13.8. The highest BCUT2D eigenvalue weighted by Crippen LogP contribution is 2.36. The summed E-state index contributed by atoms with van der Waals surface area (Å²) in [6, 6.07) is 4.27. The molecule has 0 bridgehead atoms. The molecule has 2 aromatic rings. The first-order chi connectivity index (χ1) is 11.3. The highest BCUT2D eigenvalue weighted by Gasteiger charge is 2.16. The minimum Gasteiger partial charge on any atom is -0.486 e. The topological polar surface area (TPSA) is 38.7 Å². The lowest BCUT2D eigenvalue weighted by Gasteiger charge is -2.27. The van der Waals surface area contributed by atoms with Crippen molar-refractivity contribution < 1.29 is 9.47 Å². The molecule has 5 nitrogen and oxygen atoms in total. The van der Waals surface area contributed by atoms with Crippen LogP contribution in [0.25, 0.3) is 10.9 Å². The van der Waals surface area contributed by atoms with Gasteiger partial charge in [0, 0.05) is 50.9 Å². The molecule has 124 valence electrons. The Balaban J connectivity index is 1.50. The molecule has 0 saturated carbocycles. The van der Waals surface area contributed by atoms with Gasteiger partial charge in [-0.2, -0.15) is 0 Å². The van der Waals surface area contributed by atoms with Crippen molar-refractivity contribution in [2.45, 2.75) is 12.8 Å². The van der Waals surface area contributed by atoms with Gasteiger partial charge in [-0.15, -0.1) is 0 Å². The van der Waals surface area contributed by atoms with Crippen molar-refractivity contribution in [3.8, 4) is 11.5 Å². The molecule has 1 aromatic heterocycles. The van der Waals surface area contributed by atoms with Crippen molar-refractivity contribution in [2.75, 3.05) is 45.9 Å². The van der Waals surface area contributed by atoms with E-state index >= 15 is 0 Å². The number of aromatic nitrogens is 1. The number of hydrogen-bond donors (Lipinski definition) is 1. The van der Waals surface area contributed by atoms with Crippen LogP contribution in [0.15, 0.2) is 18.3 Å². The number of fused-ring (bicyclic) bond motifs is 2. The molecule has 0 radical (unpaired) electrons. The second-order valence-corrected chi connectivity index (χ2v) is 6.47. The smallest absolute Gasteiger partial charge is 0.163 e. The summed E-state index contributed by atoms with van der Waals surface area (Å²) in [4.78, 5) is 2.56. The van der Waals surface area contributed by atoms with E-state index in [1.54, 1.807) is 0 Å². The molecule has 0 amide bonds. The van der Waals surface area contributed by atoms with Crippen LogP contribution in [0.3, 0.4) is 0 Å². The number of nitrogens with zero attached hydrogens (tertiary/aromatic N) is 2. The van der Waals surface area contributed by atoms with Crippen LogP contribution in [0.5, 0.6) is 11.5 Å². The molecule has 2 aliphatic heterocycles. The molecule has 3 heterocycles. The largest absolute Gasteiger partial charge is 0.486 e. The summed E-state index contributed by atoms with van der Waals surface area (Å²) in [5.74, 6) is 1.76. The summed E-state index contributed by atoms with van der Waals surface area (Å²) in [6.45, 7) is 7.06. The average molecular weight is 315 g/mol. The molecule has 1 N–H and O–H groups in total. The van der Waals surface area contributed by atoms with E-state index in [-0.39, 0.29) is 0 Å². The Kier molecular flexibility index (Phi) is 4.14. The van der Waals surface area contributed by atoms with E-state index in [0.717, 1.165) is 31.0 Å². The molecular formula is C18H25N3O2. The van der Waals surface area contributed by atoms with E-state index in [1.807, 2.05) is 0 Å². The summed E-state index contributed by atoms with van der Waals surface area (Å²) in [5, 5.41) is 4.71. The van der Waals surface area contributed by atoms with Crippen molar-refractivity contribution in [3.63, 3.8) is 0 Å². The van der Waals surface area contributed by atoms with Crippen LogP contribution >= 0.6 is 0 Å². The minimum atomic E-state index is 0.639. The van der Waals surface area contributed by atoms with E-state index in [0.29, 0.717) is 13.2 Å². The summed E-state index contributed by atoms with van der Waals surface area (Å²) in [6.07, 6.45) is 4.57. The molecule has 1 fully saturated rings. The van der Waals surface area contributed by atoms with Crippen LogP contribution in [0.4, 0.5) is 0 Å². The minimum absolute atomic E-state index is 0.639. The predicted octanol–water partition coefficient (Wildman–Crippen LogP) is 1.79. The zero-order valence-corrected chi connectivity index (χ0v) is 13.8. The van der Waals surface area contributed by atoms with Crippen molar-refractivity contribution in [1.82, 2.24) is 14.8 Å². The van der Waals surface area contributed by atoms with Crippen molar-refractivity contribution in [2.24, 2.45) is 7.05 Å². The third-order valence-corrected chi connectivity index (χ3v) is 4.87. The fraction of sp³-hybridized carbons (Fsp3) is 0.556. The summed E-state index contributed by atoms with van der Waals surface area (Å²) in [5.41, 5.74) is 2.64. The van der Waals surface area contributed by atoms with Gasteiger partial charge in [0.15, 0.2) is 11.5 Å². The Morgan fingerprint density at radius 2 is 1.83 bits per heavy atom. The monoisotopic (exact) mass is 315 g/mol. The Morgan fingerprint density at radius 1 is 1.09 bits per heavy atom. The third-order valence-electron chi connectivity index (χ3n) is 4.87. The lowest BCUT2D eigenvalue weighted by atomic mass is 10.1. The summed E-state index contributed by atoms with van der Waals surface area (Å²) < 4.78 is 13.7. The Morgan fingerprint density at radius 3 is 2.61 bits per heavy atom. The van der Waals surface area contributed by atoms with Gasteiger partial charge in [0.25, 0.3) is 0 Å². The highest BCUT2D eigenvalue weighted by atomic mass is 16.6. The van der Waals surface area contributed by atoms with Crippen LogP contribution in [0.1, 0.15) is 12.0 Å². The number of piperazine rings is 1. The standard InChI is InChI=1S/C18H25N3O2/c1-20-13-14(3-2-6-21-7-4-19-5-8-21)15-11-17-18(12-16(15)20)23-10-9-22-17/h11-13,19H,2-10H2,1H3. The number of nitrogens with one attached hydrogen (secondary N) is 1. The summed E-state index contributed by atoms with van der Waals surface area (Å²) >= 11 is 0. The van der Waals surface area contributed by atoms with Gasteiger partial charge in [-0.1, -0.05) is 0 Å². The molecule has 0 aliphatic carbocycles. The van der Waals surface area contributed by atoms with Gasteiger partial charge in [0.1, 0.15) is 13.2 Å². The molecule has 1 aromatic carbocycles. The first-order valence-corrected chi connectivity index (χ1v) is 8.62. The Bertz CT molecular complexity index is 689. The maximum absolute atomic E-state index is 5.75. The molecule has 0 atom stereocenters. The fourth-order valence-corrected chi connectivity index (χ4v) is 3.63. The van der Waals surface area contributed by atoms with Gasteiger partial charge < -0.3 is 24.3 Å². The molecule has 1 saturated heterocycles. The highest BCUT2D eigenvalue weighted by molar-refractivity contribution is 5.87. The van der Waals surface area contributed by atoms with Gasteiger partial charge in [-0.3, -0.25) is 0 Å². The second-order valence-electron chi connectivity index (χ2n) is 6.47. The van der Waals surface area contributed by atoms with E-state index in [9.17, 15) is 0 Å². The van der Waals surface area contributed by atoms with Gasteiger partial charge in [-0.05, 0) is 31.0 Å². The second kappa shape index (κ2) is 6.42. The number of ether oxygens (including phenoxy) is 2. The third kappa shape index (κ3) is 3.03. The van der Waals surface area contributed by atoms with E-state index < -0.39 is 0 Å². The van der Waals surface area contributed by atoms with Crippen LogP contribution in [-0.2, 0) is 13.5 Å². The molecule has 2 aliphatic rings. The number of benzene rings is 1. The lowest BCUT2D eigenvalue weighted by molar-refractivity contribution is 0.172. The zero-order chi connectivity index (χ0) is 15.6. The van der Waals surface area contributed by atoms with Crippen molar-refractivity contribution >= 4 is 10.9 Å². The van der Waals surface area contributed by atoms with Crippen LogP contribution in [0.2, 0.25) is 0 Å². The Hall–Kier alpha value is -1.72. The van der Waals surface area contributed by atoms with Gasteiger partial charge in [-0.25, -0.2) is 0 Å². The molecule has 4 rings (SSSR count). The predicted molar refractivity (Wildman–Crippen MR) is 91.5 cm³/mol. The fourth-order valence-electron chi connectivity index (χ4n) is 3.63. The maximum Gasteiger partial charge on any atom is 0.163 e. The van der Waals surface area contributed by atoms with Crippen LogP contribution < -0.4 is 14.8 Å². The van der Waals surface area contributed by atoms with E-state index in [1.165, 1.54) is 42.5 Å². The first kappa shape index (κ1) is 14.8. The van der Waals surface area contributed by atoms with Gasteiger partial charge >= 0.3 is 0 Å². The number of rotatable bonds is 4. The van der Waals surface area contributed by atoms with Gasteiger partial charge in [0.2, 0.25) is 0 Å². The van der Waals surface area contributed by atoms with E-state index in [2.05, 4.69) is 40.2 Å². The normalized spacial score (nSPS) is 18.5.